The Morgan fingerprint density at radius 2 is 1.82 bits per heavy atom. The van der Waals surface area contributed by atoms with Crippen LogP contribution in [-0.2, 0) is 16.1 Å². The average molecular weight is 494 g/mol. The van der Waals surface area contributed by atoms with Gasteiger partial charge in [0, 0.05) is 34.9 Å². The summed E-state index contributed by atoms with van der Waals surface area (Å²) < 4.78 is 6.98. The first kappa shape index (κ1) is 23.7. The molecule has 3 aromatic heterocycles. The van der Waals surface area contributed by atoms with Crippen LogP contribution in [0.4, 0.5) is 5.00 Å². The number of amides is 1. The second-order valence-electron chi connectivity index (χ2n) is 7.22. The van der Waals surface area contributed by atoms with E-state index in [1.807, 2.05) is 60.9 Å². The molecule has 0 aliphatic carbocycles. The first-order valence-corrected chi connectivity index (χ1v) is 12.4. The summed E-state index contributed by atoms with van der Waals surface area (Å²) >= 11 is 2.65. The van der Waals surface area contributed by atoms with Gasteiger partial charge in [-0.05, 0) is 31.5 Å². The second-order valence-corrected chi connectivity index (χ2v) is 9.39. The average Bonchev–Trinajstić information content (AvgIpc) is 3.43. The van der Waals surface area contributed by atoms with Crippen molar-refractivity contribution in [1.82, 2.24) is 19.7 Å². The molecule has 0 saturated carbocycles. The van der Waals surface area contributed by atoms with Gasteiger partial charge in [0.25, 0.3) is 0 Å². The number of aryl methyl sites for hydroxylation is 1. The van der Waals surface area contributed by atoms with Gasteiger partial charge in [-0.2, -0.15) is 0 Å². The van der Waals surface area contributed by atoms with Crippen molar-refractivity contribution in [3.63, 3.8) is 0 Å². The van der Waals surface area contributed by atoms with Gasteiger partial charge >= 0.3 is 5.97 Å². The number of pyridine rings is 1. The fourth-order valence-corrected chi connectivity index (χ4v) is 5.45. The monoisotopic (exact) mass is 493 g/mol. The van der Waals surface area contributed by atoms with E-state index < -0.39 is 5.97 Å². The summed E-state index contributed by atoms with van der Waals surface area (Å²) in [6, 6.07) is 13.3. The molecule has 0 spiro atoms. The highest BCUT2D eigenvalue weighted by atomic mass is 32.2. The number of benzene rings is 1. The zero-order valence-electron chi connectivity index (χ0n) is 18.9. The van der Waals surface area contributed by atoms with E-state index in [0.29, 0.717) is 22.3 Å². The highest BCUT2D eigenvalue weighted by Crippen LogP contribution is 2.40. The summed E-state index contributed by atoms with van der Waals surface area (Å²) in [6.07, 6.45) is 3.41. The number of aromatic nitrogens is 4. The Morgan fingerprint density at radius 3 is 2.50 bits per heavy atom. The molecule has 10 heteroatoms. The van der Waals surface area contributed by atoms with Crippen LogP contribution in [-0.4, -0.2) is 44.5 Å². The van der Waals surface area contributed by atoms with Crippen molar-refractivity contribution in [2.45, 2.75) is 25.5 Å². The number of nitrogens with zero attached hydrogens (tertiary/aromatic N) is 4. The number of nitrogens with one attached hydrogen (secondary N) is 1. The van der Waals surface area contributed by atoms with Gasteiger partial charge in [-0.15, -0.1) is 21.5 Å². The van der Waals surface area contributed by atoms with E-state index in [2.05, 4.69) is 20.5 Å². The predicted molar refractivity (Wildman–Crippen MR) is 134 cm³/mol. The Labute approximate surface area is 205 Å². The fourth-order valence-electron chi connectivity index (χ4n) is 3.57. The minimum Gasteiger partial charge on any atom is -0.465 e. The molecule has 0 atom stereocenters. The van der Waals surface area contributed by atoms with Gasteiger partial charge < -0.3 is 14.6 Å². The standard InChI is InChI=1S/C24H23N5O3S2/c1-4-29-21(17-10-12-25-13-11-17)27-28-24(29)33-14-18(30)26-22-20(23(31)32-3)19(15(2)34-22)16-8-6-5-7-9-16/h5-13H,4,14H2,1-3H3,(H,26,30). The number of carbonyl (C=O) groups excluding carboxylic acids is 2. The van der Waals surface area contributed by atoms with Crippen LogP contribution in [0.15, 0.2) is 60.0 Å². The maximum absolute atomic E-state index is 12.8. The number of hydrogen-bond acceptors (Lipinski definition) is 8. The normalized spacial score (nSPS) is 10.8. The van der Waals surface area contributed by atoms with Crippen molar-refractivity contribution in [3.8, 4) is 22.5 Å². The minimum absolute atomic E-state index is 0.118. The van der Waals surface area contributed by atoms with Gasteiger partial charge in [0.15, 0.2) is 11.0 Å². The number of thioether (sulfide) groups is 1. The lowest BCUT2D eigenvalue weighted by Gasteiger charge is -2.09. The van der Waals surface area contributed by atoms with Crippen molar-refractivity contribution >= 4 is 40.0 Å². The summed E-state index contributed by atoms with van der Waals surface area (Å²) in [5.41, 5.74) is 2.94. The van der Waals surface area contributed by atoms with Crippen LogP contribution in [0, 0.1) is 6.92 Å². The molecule has 4 rings (SSSR count). The molecule has 34 heavy (non-hydrogen) atoms. The van der Waals surface area contributed by atoms with Crippen LogP contribution in [0.2, 0.25) is 0 Å². The van der Waals surface area contributed by atoms with Gasteiger partial charge in [0.05, 0.1) is 12.9 Å². The Morgan fingerprint density at radius 1 is 1.09 bits per heavy atom. The van der Waals surface area contributed by atoms with Crippen LogP contribution in [0.25, 0.3) is 22.5 Å². The zero-order valence-corrected chi connectivity index (χ0v) is 20.6. The molecule has 0 radical (unpaired) electrons. The Bertz CT molecular complexity index is 1300. The molecule has 174 valence electrons. The van der Waals surface area contributed by atoms with Crippen LogP contribution >= 0.6 is 23.1 Å². The Balaban J connectivity index is 1.53. The van der Waals surface area contributed by atoms with Gasteiger partial charge in [-0.25, -0.2) is 4.79 Å². The lowest BCUT2D eigenvalue weighted by Crippen LogP contribution is -2.16. The topological polar surface area (TPSA) is 99.0 Å². The largest absolute Gasteiger partial charge is 0.465 e. The van der Waals surface area contributed by atoms with Crippen molar-refractivity contribution in [3.05, 3.63) is 65.3 Å². The van der Waals surface area contributed by atoms with Crippen LogP contribution in [0.3, 0.4) is 0 Å². The maximum atomic E-state index is 12.8. The van der Waals surface area contributed by atoms with E-state index in [1.165, 1.54) is 30.2 Å². The van der Waals surface area contributed by atoms with Crippen LogP contribution < -0.4 is 5.32 Å². The Kier molecular flexibility index (Phi) is 7.39. The van der Waals surface area contributed by atoms with Gasteiger partial charge in [-0.1, -0.05) is 42.1 Å². The zero-order chi connectivity index (χ0) is 24.1. The van der Waals surface area contributed by atoms with Crippen molar-refractivity contribution in [1.29, 1.82) is 0 Å². The molecule has 4 aromatic rings. The molecule has 3 heterocycles. The number of rotatable bonds is 8. The number of carbonyl (C=O) groups is 2. The smallest absolute Gasteiger partial charge is 0.341 e. The quantitative estimate of drug-likeness (QED) is 0.275. The number of esters is 1. The van der Waals surface area contributed by atoms with Crippen LogP contribution in [0.1, 0.15) is 22.2 Å². The second kappa shape index (κ2) is 10.6. The molecule has 8 nitrogen and oxygen atoms in total. The molecule has 0 saturated heterocycles. The Hall–Kier alpha value is -3.50. The summed E-state index contributed by atoms with van der Waals surface area (Å²) in [6.45, 7) is 4.58. The van der Waals surface area contributed by atoms with Crippen LogP contribution in [0.5, 0.6) is 0 Å². The molecular formula is C24H23N5O3S2. The molecule has 0 aliphatic heterocycles. The third-order valence-corrected chi connectivity index (χ3v) is 7.08. The van der Waals surface area contributed by atoms with E-state index in [9.17, 15) is 9.59 Å². The highest BCUT2D eigenvalue weighted by molar-refractivity contribution is 7.99. The molecular weight excluding hydrogens is 470 g/mol. The molecule has 0 unspecified atom stereocenters. The van der Waals surface area contributed by atoms with E-state index in [0.717, 1.165) is 27.4 Å². The van der Waals surface area contributed by atoms with Gasteiger partial charge in [-0.3, -0.25) is 9.78 Å². The van der Waals surface area contributed by atoms with E-state index in [1.54, 1.807) is 12.4 Å². The number of ether oxygens (including phenoxy) is 1. The summed E-state index contributed by atoms with van der Waals surface area (Å²) in [5.74, 6) is 0.111. The van der Waals surface area contributed by atoms with E-state index in [-0.39, 0.29) is 11.7 Å². The third kappa shape index (κ3) is 4.87. The molecule has 1 amide bonds. The van der Waals surface area contributed by atoms with Gasteiger partial charge in [0.2, 0.25) is 5.91 Å². The number of methoxy groups -OCH3 is 1. The first-order valence-electron chi connectivity index (χ1n) is 10.6. The summed E-state index contributed by atoms with van der Waals surface area (Å²) in [7, 11) is 1.34. The third-order valence-electron chi connectivity index (χ3n) is 5.09. The number of anilines is 1. The fraction of sp³-hybridized carbons (Fsp3) is 0.208. The number of hydrogen-bond donors (Lipinski definition) is 1. The SMILES string of the molecule is CCn1c(SCC(=O)Nc2sc(C)c(-c3ccccc3)c2C(=O)OC)nnc1-c1ccncc1. The summed E-state index contributed by atoms with van der Waals surface area (Å²) in [5, 5.41) is 12.6. The van der Waals surface area contributed by atoms with Gasteiger partial charge in [0.1, 0.15) is 10.6 Å². The van der Waals surface area contributed by atoms with Crippen molar-refractivity contribution in [2.75, 3.05) is 18.2 Å². The molecule has 1 N–H and O–H groups in total. The maximum Gasteiger partial charge on any atom is 0.341 e. The van der Waals surface area contributed by atoms with Crippen molar-refractivity contribution < 1.29 is 14.3 Å². The minimum atomic E-state index is -0.487. The first-order chi connectivity index (χ1) is 16.5. The molecule has 0 fully saturated rings. The highest BCUT2D eigenvalue weighted by Gasteiger charge is 2.25. The lowest BCUT2D eigenvalue weighted by molar-refractivity contribution is -0.113. The molecule has 1 aromatic carbocycles. The number of thiophene rings is 1. The van der Waals surface area contributed by atoms with E-state index >= 15 is 0 Å². The summed E-state index contributed by atoms with van der Waals surface area (Å²) in [4.78, 5) is 30.4. The lowest BCUT2D eigenvalue weighted by atomic mass is 10.0. The van der Waals surface area contributed by atoms with Crippen molar-refractivity contribution in [2.24, 2.45) is 0 Å². The molecule has 0 aliphatic rings. The predicted octanol–water partition coefficient (Wildman–Crippen LogP) is 4.91. The van der Waals surface area contributed by atoms with E-state index in [4.69, 9.17) is 4.74 Å². The molecule has 0 bridgehead atoms.